The van der Waals surface area contributed by atoms with Crippen LogP contribution in [0, 0.1) is 0 Å². The van der Waals surface area contributed by atoms with Gasteiger partial charge < -0.3 is 10.1 Å². The van der Waals surface area contributed by atoms with Gasteiger partial charge in [0.05, 0.1) is 18.7 Å². The summed E-state index contributed by atoms with van der Waals surface area (Å²) in [6.07, 6.45) is 1.84. The smallest absolute Gasteiger partial charge is 0.119 e. The molecule has 0 amide bonds. The highest BCUT2D eigenvalue weighted by Gasteiger charge is 2.15. The predicted molar refractivity (Wildman–Crippen MR) is 85.6 cm³/mol. The average Bonchev–Trinajstić information content (AvgIpc) is 2.56. The summed E-state index contributed by atoms with van der Waals surface area (Å²) >= 11 is 0. The van der Waals surface area contributed by atoms with Crippen LogP contribution in [0.5, 0.6) is 5.75 Å². The van der Waals surface area contributed by atoms with Crippen LogP contribution in [-0.4, -0.2) is 19.1 Å². The molecule has 3 heteroatoms. The van der Waals surface area contributed by atoms with Crippen molar-refractivity contribution in [1.29, 1.82) is 0 Å². The molecule has 0 saturated heterocycles. The first-order valence-corrected chi connectivity index (χ1v) is 6.98. The molecule has 0 radical (unpaired) electrons. The second-order valence-electron chi connectivity index (χ2n) is 4.92. The first kappa shape index (κ1) is 13.6. The second-order valence-corrected chi connectivity index (χ2v) is 4.92. The van der Waals surface area contributed by atoms with E-state index in [1.54, 1.807) is 7.11 Å². The van der Waals surface area contributed by atoms with Crippen LogP contribution < -0.4 is 10.1 Å². The maximum Gasteiger partial charge on any atom is 0.119 e. The van der Waals surface area contributed by atoms with Gasteiger partial charge in [-0.05, 0) is 36.4 Å². The lowest BCUT2D eigenvalue weighted by Crippen LogP contribution is -2.18. The van der Waals surface area contributed by atoms with Gasteiger partial charge >= 0.3 is 0 Å². The van der Waals surface area contributed by atoms with Crippen molar-refractivity contribution in [3.63, 3.8) is 0 Å². The molecule has 0 saturated carbocycles. The Balaban J connectivity index is 2.13. The molecule has 106 valence electrons. The molecule has 1 unspecified atom stereocenters. The van der Waals surface area contributed by atoms with Crippen LogP contribution in [0.15, 0.2) is 60.8 Å². The lowest BCUT2D eigenvalue weighted by atomic mass is 9.96. The summed E-state index contributed by atoms with van der Waals surface area (Å²) in [7, 11) is 3.65. The molecule has 21 heavy (non-hydrogen) atoms. The van der Waals surface area contributed by atoms with Gasteiger partial charge in [-0.3, -0.25) is 4.98 Å². The molecule has 3 rings (SSSR count). The number of benzene rings is 2. The van der Waals surface area contributed by atoms with Gasteiger partial charge in [-0.25, -0.2) is 0 Å². The fourth-order valence-electron chi connectivity index (χ4n) is 2.68. The van der Waals surface area contributed by atoms with E-state index < -0.39 is 0 Å². The third-order valence-electron chi connectivity index (χ3n) is 3.69. The summed E-state index contributed by atoms with van der Waals surface area (Å²) < 4.78 is 5.33. The number of fused-ring (bicyclic) bond motifs is 1. The lowest BCUT2D eigenvalue weighted by Gasteiger charge is -2.19. The fourth-order valence-corrected chi connectivity index (χ4v) is 2.68. The molecule has 0 aliphatic heterocycles. The minimum Gasteiger partial charge on any atom is -0.497 e. The summed E-state index contributed by atoms with van der Waals surface area (Å²) in [5.41, 5.74) is 3.36. The molecule has 3 aromatic rings. The maximum absolute atomic E-state index is 5.33. The molecular weight excluding hydrogens is 260 g/mol. The number of nitrogens with one attached hydrogen (secondary N) is 1. The van der Waals surface area contributed by atoms with Gasteiger partial charge in [-0.2, -0.15) is 0 Å². The Labute approximate surface area is 124 Å². The van der Waals surface area contributed by atoms with E-state index in [1.165, 1.54) is 5.56 Å². The van der Waals surface area contributed by atoms with Gasteiger partial charge in [0.15, 0.2) is 0 Å². The van der Waals surface area contributed by atoms with Gasteiger partial charge in [0.1, 0.15) is 5.75 Å². The van der Waals surface area contributed by atoms with E-state index in [0.29, 0.717) is 0 Å². The van der Waals surface area contributed by atoms with Crippen molar-refractivity contribution in [2.75, 3.05) is 14.2 Å². The quantitative estimate of drug-likeness (QED) is 0.792. The zero-order valence-corrected chi connectivity index (χ0v) is 12.2. The van der Waals surface area contributed by atoms with Crippen molar-refractivity contribution >= 4 is 10.9 Å². The van der Waals surface area contributed by atoms with E-state index >= 15 is 0 Å². The monoisotopic (exact) mass is 278 g/mol. The Kier molecular flexibility index (Phi) is 3.84. The molecule has 0 aliphatic carbocycles. The van der Waals surface area contributed by atoms with Crippen molar-refractivity contribution < 1.29 is 4.74 Å². The van der Waals surface area contributed by atoms with Crippen molar-refractivity contribution in [3.05, 3.63) is 71.9 Å². The molecule has 1 atom stereocenters. The first-order chi connectivity index (χ1) is 10.3. The normalized spacial score (nSPS) is 12.3. The Morgan fingerprint density at radius 2 is 1.86 bits per heavy atom. The molecule has 0 fully saturated rings. The van der Waals surface area contributed by atoms with Crippen LogP contribution in [0.4, 0.5) is 0 Å². The molecule has 1 heterocycles. The molecule has 3 nitrogen and oxygen atoms in total. The SMILES string of the molecule is CNC(c1cccc(OC)c1)c1cccc2cccnc12. The number of nitrogens with zero attached hydrogens (tertiary/aromatic N) is 1. The number of hydrogen-bond donors (Lipinski definition) is 1. The Morgan fingerprint density at radius 3 is 2.67 bits per heavy atom. The average molecular weight is 278 g/mol. The second kappa shape index (κ2) is 5.94. The summed E-state index contributed by atoms with van der Waals surface area (Å²) in [4.78, 5) is 4.55. The molecule has 0 aliphatic rings. The van der Waals surface area contributed by atoms with Crippen LogP contribution in [0.3, 0.4) is 0 Å². The molecule has 1 aromatic heterocycles. The summed E-state index contributed by atoms with van der Waals surface area (Å²) in [5.74, 6) is 0.862. The minimum absolute atomic E-state index is 0.0821. The van der Waals surface area contributed by atoms with Crippen molar-refractivity contribution in [3.8, 4) is 5.75 Å². The number of methoxy groups -OCH3 is 1. The minimum atomic E-state index is 0.0821. The Bertz CT molecular complexity index is 750. The summed E-state index contributed by atoms with van der Waals surface area (Å²) in [5, 5.41) is 4.53. The van der Waals surface area contributed by atoms with Crippen LogP contribution in [0.25, 0.3) is 10.9 Å². The third-order valence-corrected chi connectivity index (χ3v) is 3.69. The number of para-hydroxylation sites is 1. The maximum atomic E-state index is 5.33. The fraction of sp³-hybridized carbons (Fsp3) is 0.167. The van der Waals surface area contributed by atoms with Crippen molar-refractivity contribution in [2.45, 2.75) is 6.04 Å². The first-order valence-electron chi connectivity index (χ1n) is 6.98. The van der Waals surface area contributed by atoms with E-state index in [1.807, 2.05) is 31.4 Å². The van der Waals surface area contributed by atoms with E-state index in [4.69, 9.17) is 4.74 Å². The predicted octanol–water partition coefficient (Wildman–Crippen LogP) is 3.55. The van der Waals surface area contributed by atoms with Crippen LogP contribution >= 0.6 is 0 Å². The number of pyridine rings is 1. The van der Waals surface area contributed by atoms with Crippen LogP contribution in [0.1, 0.15) is 17.2 Å². The third kappa shape index (κ3) is 2.60. The van der Waals surface area contributed by atoms with Gasteiger partial charge in [-0.1, -0.05) is 36.4 Å². The van der Waals surface area contributed by atoms with E-state index in [-0.39, 0.29) is 6.04 Å². The molecule has 0 bridgehead atoms. The Morgan fingerprint density at radius 1 is 1.05 bits per heavy atom. The highest BCUT2D eigenvalue weighted by molar-refractivity contribution is 5.82. The zero-order valence-electron chi connectivity index (χ0n) is 12.2. The topological polar surface area (TPSA) is 34.1 Å². The number of hydrogen-bond acceptors (Lipinski definition) is 3. The van der Waals surface area contributed by atoms with Gasteiger partial charge in [-0.15, -0.1) is 0 Å². The summed E-state index contributed by atoms with van der Waals surface area (Å²) in [6, 6.07) is 18.5. The highest BCUT2D eigenvalue weighted by Crippen LogP contribution is 2.29. The van der Waals surface area contributed by atoms with E-state index in [2.05, 4.69) is 46.7 Å². The van der Waals surface area contributed by atoms with Gasteiger partial charge in [0.2, 0.25) is 0 Å². The number of rotatable bonds is 4. The van der Waals surface area contributed by atoms with Crippen LogP contribution in [0.2, 0.25) is 0 Å². The zero-order chi connectivity index (χ0) is 14.7. The van der Waals surface area contributed by atoms with Gasteiger partial charge in [0, 0.05) is 11.6 Å². The molecular formula is C18H18N2O. The lowest BCUT2D eigenvalue weighted by molar-refractivity contribution is 0.414. The molecule has 0 spiro atoms. The van der Waals surface area contributed by atoms with Crippen molar-refractivity contribution in [2.24, 2.45) is 0 Å². The van der Waals surface area contributed by atoms with E-state index in [0.717, 1.165) is 22.2 Å². The van der Waals surface area contributed by atoms with Gasteiger partial charge in [0.25, 0.3) is 0 Å². The molecule has 2 aromatic carbocycles. The number of aromatic nitrogens is 1. The van der Waals surface area contributed by atoms with E-state index in [9.17, 15) is 0 Å². The number of ether oxygens (including phenoxy) is 1. The summed E-state index contributed by atoms with van der Waals surface area (Å²) in [6.45, 7) is 0. The van der Waals surface area contributed by atoms with Crippen LogP contribution in [-0.2, 0) is 0 Å². The highest BCUT2D eigenvalue weighted by atomic mass is 16.5. The largest absolute Gasteiger partial charge is 0.497 e. The Hall–Kier alpha value is -2.39. The molecule has 1 N–H and O–H groups in total. The standard InChI is InChI=1S/C18H18N2O/c1-19-17(14-7-3-9-15(12-14)21-2)16-10-4-6-13-8-5-11-20-18(13)16/h3-12,17,19H,1-2H3. The van der Waals surface area contributed by atoms with Crippen molar-refractivity contribution in [1.82, 2.24) is 10.3 Å².